The van der Waals surface area contributed by atoms with Crippen LogP contribution in [0, 0.1) is 0 Å². The minimum Gasteiger partial charge on any atom is -0.489 e. The van der Waals surface area contributed by atoms with Gasteiger partial charge in [-0.2, -0.15) is 0 Å². The molecule has 94 valence electrons. The number of ether oxygens (including phenoxy) is 1. The normalized spacial score (nSPS) is 10.1. The van der Waals surface area contributed by atoms with E-state index < -0.39 is 0 Å². The first-order valence-electron chi connectivity index (χ1n) is 5.77. The summed E-state index contributed by atoms with van der Waals surface area (Å²) in [6, 6.07) is 11.2. The summed E-state index contributed by atoms with van der Waals surface area (Å²) in [5.41, 5.74) is 1.88. The first kappa shape index (κ1) is 12.4. The van der Waals surface area contributed by atoms with E-state index in [0.29, 0.717) is 6.61 Å². The molecule has 0 spiro atoms. The van der Waals surface area contributed by atoms with Gasteiger partial charge in [0.05, 0.1) is 6.61 Å². The van der Waals surface area contributed by atoms with Crippen molar-refractivity contribution in [1.29, 1.82) is 0 Å². The monoisotopic (exact) mass is 244 g/mol. The molecule has 0 amide bonds. The van der Waals surface area contributed by atoms with E-state index in [0.717, 1.165) is 22.7 Å². The number of hydrogen-bond donors (Lipinski definition) is 2. The molecular formula is C14H16N2O2. The molecule has 18 heavy (non-hydrogen) atoms. The largest absolute Gasteiger partial charge is 0.489 e. The van der Waals surface area contributed by atoms with Crippen LogP contribution in [-0.2, 0) is 13.2 Å². The highest BCUT2D eigenvalue weighted by molar-refractivity contribution is 5.42. The molecule has 2 rings (SSSR count). The summed E-state index contributed by atoms with van der Waals surface area (Å²) in [5, 5.41) is 12.0. The molecule has 0 radical (unpaired) electrons. The highest BCUT2D eigenvalue weighted by Crippen LogP contribution is 2.17. The van der Waals surface area contributed by atoms with Crippen LogP contribution in [0.1, 0.15) is 11.1 Å². The number of aliphatic hydroxyl groups excluding tert-OH is 1. The maximum Gasteiger partial charge on any atom is 0.132 e. The zero-order valence-electron chi connectivity index (χ0n) is 10.3. The van der Waals surface area contributed by atoms with Gasteiger partial charge in [0.25, 0.3) is 0 Å². The zero-order chi connectivity index (χ0) is 12.8. The summed E-state index contributed by atoms with van der Waals surface area (Å²) in [6.07, 6.45) is 1.74. The van der Waals surface area contributed by atoms with Crippen LogP contribution in [0.15, 0.2) is 42.6 Å². The Morgan fingerprint density at radius 2 is 2.00 bits per heavy atom. The van der Waals surface area contributed by atoms with Gasteiger partial charge in [-0.25, -0.2) is 4.98 Å². The first-order chi connectivity index (χ1) is 8.83. The van der Waals surface area contributed by atoms with Gasteiger partial charge in [-0.3, -0.25) is 0 Å². The van der Waals surface area contributed by atoms with Gasteiger partial charge in [0.1, 0.15) is 18.2 Å². The van der Waals surface area contributed by atoms with Crippen molar-refractivity contribution in [2.45, 2.75) is 13.2 Å². The number of nitrogens with zero attached hydrogens (tertiary/aromatic N) is 1. The molecule has 0 saturated carbocycles. The molecule has 0 aliphatic rings. The number of aliphatic hydroxyl groups is 1. The lowest BCUT2D eigenvalue weighted by Gasteiger charge is -2.09. The Hall–Kier alpha value is -2.07. The first-order valence-corrected chi connectivity index (χ1v) is 5.77. The summed E-state index contributed by atoms with van der Waals surface area (Å²) in [4.78, 5) is 4.21. The SMILES string of the molecule is CNc1ncccc1COc1ccc(CO)cc1. The molecule has 4 nitrogen and oxygen atoms in total. The lowest BCUT2D eigenvalue weighted by molar-refractivity contribution is 0.280. The van der Waals surface area contributed by atoms with Crippen molar-refractivity contribution in [3.05, 3.63) is 53.7 Å². The molecule has 1 aromatic heterocycles. The maximum absolute atomic E-state index is 8.95. The second-order valence-corrected chi connectivity index (χ2v) is 3.85. The quantitative estimate of drug-likeness (QED) is 0.846. The topological polar surface area (TPSA) is 54.4 Å². The van der Waals surface area contributed by atoms with E-state index in [1.165, 1.54) is 0 Å². The Kier molecular flexibility index (Phi) is 4.15. The van der Waals surface area contributed by atoms with E-state index in [2.05, 4.69) is 10.3 Å². The summed E-state index contributed by atoms with van der Waals surface area (Å²) in [5.74, 6) is 1.60. The van der Waals surface area contributed by atoms with E-state index in [4.69, 9.17) is 9.84 Å². The minimum absolute atomic E-state index is 0.0484. The Balaban J connectivity index is 2.02. The molecule has 2 aromatic rings. The standard InChI is InChI=1S/C14H16N2O2/c1-15-14-12(3-2-8-16-14)10-18-13-6-4-11(9-17)5-7-13/h2-8,17H,9-10H2,1H3,(H,15,16). The van der Waals surface area contributed by atoms with Crippen LogP contribution in [-0.4, -0.2) is 17.1 Å². The van der Waals surface area contributed by atoms with Crippen LogP contribution >= 0.6 is 0 Å². The average Bonchev–Trinajstić information content (AvgIpc) is 2.46. The van der Waals surface area contributed by atoms with Gasteiger partial charge in [0.15, 0.2) is 0 Å². The van der Waals surface area contributed by atoms with Gasteiger partial charge < -0.3 is 15.2 Å². The fourth-order valence-corrected chi connectivity index (χ4v) is 1.63. The Morgan fingerprint density at radius 3 is 2.67 bits per heavy atom. The molecule has 0 saturated heterocycles. The second-order valence-electron chi connectivity index (χ2n) is 3.85. The summed E-state index contributed by atoms with van der Waals surface area (Å²) in [6.45, 7) is 0.509. The number of benzene rings is 1. The van der Waals surface area contributed by atoms with Crippen molar-refractivity contribution in [1.82, 2.24) is 4.98 Å². The molecule has 0 aliphatic heterocycles. The van der Waals surface area contributed by atoms with Crippen LogP contribution in [0.3, 0.4) is 0 Å². The van der Waals surface area contributed by atoms with E-state index in [1.54, 1.807) is 6.20 Å². The van der Waals surface area contributed by atoms with Gasteiger partial charge in [0.2, 0.25) is 0 Å². The highest BCUT2D eigenvalue weighted by atomic mass is 16.5. The van der Waals surface area contributed by atoms with E-state index >= 15 is 0 Å². The fraction of sp³-hybridized carbons (Fsp3) is 0.214. The third-order valence-corrected chi connectivity index (χ3v) is 2.63. The van der Waals surface area contributed by atoms with Crippen molar-refractivity contribution in [2.24, 2.45) is 0 Å². The Morgan fingerprint density at radius 1 is 1.22 bits per heavy atom. The van der Waals surface area contributed by atoms with Crippen LogP contribution in [0.4, 0.5) is 5.82 Å². The Bertz CT molecular complexity index is 497. The molecule has 0 atom stereocenters. The zero-order valence-corrected chi connectivity index (χ0v) is 10.3. The summed E-state index contributed by atoms with van der Waals surface area (Å²) in [7, 11) is 1.84. The third-order valence-electron chi connectivity index (χ3n) is 2.63. The van der Waals surface area contributed by atoms with Gasteiger partial charge >= 0.3 is 0 Å². The van der Waals surface area contributed by atoms with Crippen molar-refractivity contribution < 1.29 is 9.84 Å². The fourth-order valence-electron chi connectivity index (χ4n) is 1.63. The second kappa shape index (κ2) is 6.02. The van der Waals surface area contributed by atoms with Gasteiger partial charge in [-0.1, -0.05) is 18.2 Å². The van der Waals surface area contributed by atoms with Crippen molar-refractivity contribution >= 4 is 5.82 Å². The molecule has 1 heterocycles. The van der Waals surface area contributed by atoms with Crippen molar-refractivity contribution in [2.75, 3.05) is 12.4 Å². The molecule has 1 aromatic carbocycles. The van der Waals surface area contributed by atoms with Crippen LogP contribution in [0.2, 0.25) is 0 Å². The van der Waals surface area contributed by atoms with Crippen molar-refractivity contribution in [3.8, 4) is 5.75 Å². The number of hydrogen-bond acceptors (Lipinski definition) is 4. The van der Waals surface area contributed by atoms with E-state index in [9.17, 15) is 0 Å². The van der Waals surface area contributed by atoms with Crippen LogP contribution < -0.4 is 10.1 Å². The summed E-state index contributed by atoms with van der Waals surface area (Å²) >= 11 is 0. The lowest BCUT2D eigenvalue weighted by Crippen LogP contribution is -2.02. The average molecular weight is 244 g/mol. The summed E-state index contributed by atoms with van der Waals surface area (Å²) < 4.78 is 5.67. The third kappa shape index (κ3) is 2.99. The predicted molar refractivity (Wildman–Crippen MR) is 70.5 cm³/mol. The molecular weight excluding hydrogens is 228 g/mol. The molecule has 2 N–H and O–H groups in total. The van der Waals surface area contributed by atoms with Gasteiger partial charge in [-0.15, -0.1) is 0 Å². The number of aromatic nitrogens is 1. The minimum atomic E-state index is 0.0484. The van der Waals surface area contributed by atoms with Crippen LogP contribution in [0.5, 0.6) is 5.75 Å². The number of anilines is 1. The lowest BCUT2D eigenvalue weighted by atomic mass is 10.2. The molecule has 0 bridgehead atoms. The number of rotatable bonds is 5. The smallest absolute Gasteiger partial charge is 0.132 e. The number of nitrogens with one attached hydrogen (secondary N) is 1. The van der Waals surface area contributed by atoms with Crippen molar-refractivity contribution in [3.63, 3.8) is 0 Å². The molecule has 4 heteroatoms. The maximum atomic E-state index is 8.95. The van der Waals surface area contributed by atoms with E-state index in [-0.39, 0.29) is 6.61 Å². The van der Waals surface area contributed by atoms with Crippen LogP contribution in [0.25, 0.3) is 0 Å². The van der Waals surface area contributed by atoms with E-state index in [1.807, 2.05) is 43.4 Å². The molecule has 0 aliphatic carbocycles. The van der Waals surface area contributed by atoms with Gasteiger partial charge in [-0.05, 0) is 23.8 Å². The predicted octanol–water partition coefficient (Wildman–Crippen LogP) is 2.19. The molecule has 0 fully saturated rings. The Labute approximate surface area is 106 Å². The number of pyridine rings is 1. The van der Waals surface area contributed by atoms with Gasteiger partial charge in [0, 0.05) is 18.8 Å². The molecule has 0 unspecified atom stereocenters. The highest BCUT2D eigenvalue weighted by Gasteiger charge is 2.02.